The SMILES string of the molecule is Nc1cc(F)ccc1N1C(=O)c2cc(F)c(F)cc2C1=O. The molecule has 1 aliphatic heterocycles. The fourth-order valence-corrected chi connectivity index (χ4v) is 2.18. The molecule has 7 heteroatoms. The molecule has 0 saturated carbocycles. The number of nitrogens with zero attached hydrogens (tertiary/aromatic N) is 1. The summed E-state index contributed by atoms with van der Waals surface area (Å²) in [7, 11) is 0. The van der Waals surface area contributed by atoms with E-state index >= 15 is 0 Å². The molecule has 2 aromatic rings. The van der Waals surface area contributed by atoms with Gasteiger partial charge in [0.15, 0.2) is 11.6 Å². The van der Waals surface area contributed by atoms with Crippen LogP contribution in [0.15, 0.2) is 30.3 Å². The lowest BCUT2D eigenvalue weighted by Gasteiger charge is -2.15. The van der Waals surface area contributed by atoms with Crippen molar-refractivity contribution in [2.24, 2.45) is 0 Å². The minimum atomic E-state index is -1.23. The van der Waals surface area contributed by atoms with E-state index in [0.29, 0.717) is 17.0 Å². The molecule has 1 aliphatic rings. The van der Waals surface area contributed by atoms with Gasteiger partial charge < -0.3 is 5.73 Å². The van der Waals surface area contributed by atoms with Crippen LogP contribution in [0.5, 0.6) is 0 Å². The molecule has 21 heavy (non-hydrogen) atoms. The quantitative estimate of drug-likeness (QED) is 0.649. The van der Waals surface area contributed by atoms with Gasteiger partial charge in [0.25, 0.3) is 11.8 Å². The molecular formula is C14H7F3N2O2. The Morgan fingerprint density at radius 3 is 1.86 bits per heavy atom. The van der Waals surface area contributed by atoms with Crippen LogP contribution in [0.3, 0.4) is 0 Å². The Morgan fingerprint density at radius 1 is 0.857 bits per heavy atom. The van der Waals surface area contributed by atoms with Gasteiger partial charge in [-0.15, -0.1) is 0 Å². The van der Waals surface area contributed by atoms with Crippen LogP contribution in [-0.4, -0.2) is 11.8 Å². The first-order chi connectivity index (χ1) is 9.90. The van der Waals surface area contributed by atoms with E-state index in [9.17, 15) is 22.8 Å². The monoisotopic (exact) mass is 292 g/mol. The third-order valence-corrected chi connectivity index (χ3v) is 3.16. The molecule has 1 heterocycles. The lowest BCUT2D eigenvalue weighted by Crippen LogP contribution is -2.30. The molecule has 2 N–H and O–H groups in total. The Kier molecular flexibility index (Phi) is 2.72. The van der Waals surface area contributed by atoms with Crippen molar-refractivity contribution in [1.29, 1.82) is 0 Å². The first-order valence-electron chi connectivity index (χ1n) is 5.83. The van der Waals surface area contributed by atoms with E-state index in [0.717, 1.165) is 18.2 Å². The summed E-state index contributed by atoms with van der Waals surface area (Å²) in [6.45, 7) is 0. The van der Waals surface area contributed by atoms with Gasteiger partial charge in [0.2, 0.25) is 0 Å². The molecule has 2 amide bonds. The molecule has 4 nitrogen and oxygen atoms in total. The van der Waals surface area contributed by atoms with Crippen molar-refractivity contribution < 1.29 is 22.8 Å². The zero-order valence-corrected chi connectivity index (χ0v) is 10.4. The van der Waals surface area contributed by atoms with Gasteiger partial charge >= 0.3 is 0 Å². The Morgan fingerprint density at radius 2 is 1.38 bits per heavy atom. The average Bonchev–Trinajstić information content (AvgIpc) is 2.64. The first kappa shape index (κ1) is 13.2. The van der Waals surface area contributed by atoms with E-state index in [1.165, 1.54) is 0 Å². The summed E-state index contributed by atoms with van der Waals surface area (Å²) >= 11 is 0. The zero-order chi connectivity index (χ0) is 15.3. The predicted octanol–water partition coefficient (Wildman–Crippen LogP) is 2.49. The van der Waals surface area contributed by atoms with Gasteiger partial charge in [0.1, 0.15) is 5.82 Å². The van der Waals surface area contributed by atoms with Crippen LogP contribution in [0.1, 0.15) is 20.7 Å². The first-order valence-corrected chi connectivity index (χ1v) is 5.83. The Balaban J connectivity index is 2.16. The number of rotatable bonds is 1. The molecule has 0 fully saturated rings. The summed E-state index contributed by atoms with van der Waals surface area (Å²) in [5.41, 5.74) is 4.89. The summed E-state index contributed by atoms with van der Waals surface area (Å²) in [5, 5.41) is 0. The van der Waals surface area contributed by atoms with E-state index in [1.807, 2.05) is 0 Å². The van der Waals surface area contributed by atoms with Crippen molar-refractivity contribution in [3.63, 3.8) is 0 Å². The van der Waals surface area contributed by atoms with Gasteiger partial charge in [0.05, 0.1) is 22.5 Å². The van der Waals surface area contributed by atoms with Crippen LogP contribution in [-0.2, 0) is 0 Å². The molecule has 0 aromatic heterocycles. The topological polar surface area (TPSA) is 63.4 Å². The van der Waals surface area contributed by atoms with Gasteiger partial charge in [-0.2, -0.15) is 0 Å². The van der Waals surface area contributed by atoms with E-state index in [1.54, 1.807) is 0 Å². The number of hydrogen-bond donors (Lipinski definition) is 1. The number of benzene rings is 2. The smallest absolute Gasteiger partial charge is 0.266 e. The van der Waals surface area contributed by atoms with Crippen LogP contribution < -0.4 is 10.6 Å². The molecule has 0 saturated heterocycles. The van der Waals surface area contributed by atoms with Crippen LogP contribution in [0, 0.1) is 17.5 Å². The number of imide groups is 1. The normalized spacial score (nSPS) is 13.8. The fraction of sp³-hybridized carbons (Fsp3) is 0. The van der Waals surface area contributed by atoms with Crippen molar-refractivity contribution in [2.75, 3.05) is 10.6 Å². The molecule has 0 aliphatic carbocycles. The van der Waals surface area contributed by atoms with Crippen molar-refractivity contribution in [3.05, 3.63) is 58.9 Å². The molecule has 3 rings (SSSR count). The lowest BCUT2D eigenvalue weighted by atomic mass is 10.1. The number of anilines is 2. The van der Waals surface area contributed by atoms with Crippen LogP contribution in [0.4, 0.5) is 24.5 Å². The summed E-state index contributed by atoms with van der Waals surface area (Å²) in [6.07, 6.45) is 0. The van der Waals surface area contributed by atoms with E-state index in [-0.39, 0.29) is 22.5 Å². The molecule has 0 radical (unpaired) electrons. The van der Waals surface area contributed by atoms with Crippen molar-refractivity contribution in [3.8, 4) is 0 Å². The molecule has 0 atom stereocenters. The molecular weight excluding hydrogens is 285 g/mol. The largest absolute Gasteiger partial charge is 0.397 e. The minimum Gasteiger partial charge on any atom is -0.397 e. The van der Waals surface area contributed by atoms with Gasteiger partial charge in [0, 0.05) is 0 Å². The Bertz CT molecular complexity index is 764. The van der Waals surface area contributed by atoms with Gasteiger partial charge in [-0.25, -0.2) is 18.1 Å². The van der Waals surface area contributed by atoms with E-state index in [4.69, 9.17) is 5.73 Å². The molecule has 0 unspecified atom stereocenters. The maximum absolute atomic E-state index is 13.2. The average molecular weight is 292 g/mol. The lowest BCUT2D eigenvalue weighted by molar-refractivity contribution is 0.0926. The van der Waals surface area contributed by atoms with Crippen LogP contribution in [0.25, 0.3) is 0 Å². The van der Waals surface area contributed by atoms with Gasteiger partial charge in [-0.1, -0.05) is 0 Å². The number of nitrogens with two attached hydrogens (primary N) is 1. The van der Waals surface area contributed by atoms with Crippen molar-refractivity contribution >= 4 is 23.2 Å². The molecule has 106 valence electrons. The number of fused-ring (bicyclic) bond motifs is 1. The standard InChI is InChI=1S/C14H7F3N2O2/c15-6-1-2-12(11(18)3-6)19-13(20)7-4-9(16)10(17)5-8(7)14(19)21/h1-5H,18H2. The highest BCUT2D eigenvalue weighted by molar-refractivity contribution is 6.35. The second kappa shape index (κ2) is 4.34. The van der Waals surface area contributed by atoms with Crippen LogP contribution in [0.2, 0.25) is 0 Å². The van der Waals surface area contributed by atoms with E-state index in [2.05, 4.69) is 0 Å². The number of carbonyl (C=O) groups is 2. The minimum absolute atomic E-state index is 0.0385. The summed E-state index contributed by atoms with van der Waals surface area (Å²) < 4.78 is 39.4. The number of carbonyl (C=O) groups excluding carboxylic acids is 2. The fourth-order valence-electron chi connectivity index (χ4n) is 2.18. The third-order valence-electron chi connectivity index (χ3n) is 3.16. The summed E-state index contributed by atoms with van der Waals surface area (Å²) in [6, 6.07) is 4.44. The number of nitrogen functional groups attached to an aromatic ring is 1. The van der Waals surface area contributed by atoms with Crippen LogP contribution >= 0.6 is 0 Å². The number of halogens is 3. The Labute approximate surface area is 116 Å². The van der Waals surface area contributed by atoms with Crippen molar-refractivity contribution in [2.45, 2.75) is 0 Å². The second-order valence-electron chi connectivity index (χ2n) is 4.46. The van der Waals surface area contributed by atoms with E-state index < -0.39 is 29.3 Å². The summed E-state index contributed by atoms with van der Waals surface area (Å²) in [4.78, 5) is 25.0. The highest BCUT2D eigenvalue weighted by Gasteiger charge is 2.38. The maximum Gasteiger partial charge on any atom is 0.266 e. The molecule has 0 bridgehead atoms. The predicted molar refractivity (Wildman–Crippen MR) is 68.3 cm³/mol. The number of amides is 2. The van der Waals surface area contributed by atoms with Crippen molar-refractivity contribution in [1.82, 2.24) is 0 Å². The second-order valence-corrected chi connectivity index (χ2v) is 4.46. The van der Waals surface area contributed by atoms with Gasteiger partial charge in [-0.05, 0) is 30.3 Å². The maximum atomic E-state index is 13.2. The third kappa shape index (κ3) is 1.85. The molecule has 2 aromatic carbocycles. The zero-order valence-electron chi connectivity index (χ0n) is 10.4. The highest BCUT2D eigenvalue weighted by atomic mass is 19.2. The van der Waals surface area contributed by atoms with Gasteiger partial charge in [-0.3, -0.25) is 9.59 Å². The molecule has 0 spiro atoms. The highest BCUT2D eigenvalue weighted by Crippen LogP contribution is 2.33. The summed E-state index contributed by atoms with van der Waals surface area (Å²) in [5.74, 6) is -4.78. The Hall–Kier alpha value is -2.83. The number of hydrogen-bond acceptors (Lipinski definition) is 3.